The fraction of sp³-hybridized carbons (Fsp3) is 0.250. The standard InChI is InChI=1S/C20H18N6O/c1-4-14-6-2-8-23-18(14)15(5-1)13-26-11-3-7-17(26)20-25-24-19(27-20)16-12-21-9-10-22-16/h1-2,4-6,8-10,12,17H,3,7,11,13H2. The molecule has 0 N–H and O–H groups in total. The van der Waals surface area contributed by atoms with Crippen LogP contribution in [0.4, 0.5) is 0 Å². The average Bonchev–Trinajstić information content (AvgIpc) is 3.38. The summed E-state index contributed by atoms with van der Waals surface area (Å²) in [6.07, 6.45) is 8.82. The Morgan fingerprint density at radius 1 is 1.04 bits per heavy atom. The molecule has 4 heterocycles. The predicted molar refractivity (Wildman–Crippen MR) is 99.5 cm³/mol. The van der Waals surface area contributed by atoms with Crippen LogP contribution in [-0.2, 0) is 6.54 Å². The van der Waals surface area contributed by atoms with Crippen LogP contribution >= 0.6 is 0 Å². The summed E-state index contributed by atoms with van der Waals surface area (Å²) in [5.41, 5.74) is 2.86. The summed E-state index contributed by atoms with van der Waals surface area (Å²) < 4.78 is 5.93. The zero-order valence-corrected chi connectivity index (χ0v) is 14.7. The highest BCUT2D eigenvalue weighted by atomic mass is 16.4. The molecule has 0 spiro atoms. The van der Waals surface area contributed by atoms with Crippen molar-refractivity contribution in [1.29, 1.82) is 0 Å². The number of benzene rings is 1. The smallest absolute Gasteiger partial charge is 0.267 e. The summed E-state index contributed by atoms with van der Waals surface area (Å²) in [5, 5.41) is 9.61. The number of aromatic nitrogens is 5. The Labute approximate surface area is 156 Å². The summed E-state index contributed by atoms with van der Waals surface area (Å²) >= 11 is 0. The maximum absolute atomic E-state index is 5.93. The van der Waals surface area contributed by atoms with Gasteiger partial charge in [0.25, 0.3) is 5.89 Å². The molecule has 1 saturated heterocycles. The van der Waals surface area contributed by atoms with E-state index in [1.165, 1.54) is 5.56 Å². The molecule has 1 aliphatic rings. The molecule has 5 rings (SSSR count). The molecule has 7 heteroatoms. The number of hydrogen-bond donors (Lipinski definition) is 0. The van der Waals surface area contributed by atoms with Crippen LogP contribution in [0, 0.1) is 0 Å². The molecule has 0 bridgehead atoms. The van der Waals surface area contributed by atoms with Crippen molar-refractivity contribution < 1.29 is 4.42 Å². The van der Waals surface area contributed by atoms with Crippen molar-refractivity contribution in [1.82, 2.24) is 30.0 Å². The fourth-order valence-electron chi connectivity index (χ4n) is 3.69. The summed E-state index contributed by atoms with van der Waals surface area (Å²) in [5.74, 6) is 1.05. The first-order valence-electron chi connectivity index (χ1n) is 9.05. The number of pyridine rings is 1. The lowest BCUT2D eigenvalue weighted by molar-refractivity contribution is 0.216. The number of hydrogen-bond acceptors (Lipinski definition) is 7. The fourth-order valence-corrected chi connectivity index (χ4v) is 3.69. The molecule has 27 heavy (non-hydrogen) atoms. The zero-order chi connectivity index (χ0) is 18.1. The molecule has 134 valence electrons. The van der Waals surface area contributed by atoms with Crippen LogP contribution in [0.3, 0.4) is 0 Å². The molecule has 1 aromatic carbocycles. The van der Waals surface area contributed by atoms with E-state index in [1.54, 1.807) is 18.6 Å². The van der Waals surface area contributed by atoms with Gasteiger partial charge in [0.1, 0.15) is 5.69 Å². The lowest BCUT2D eigenvalue weighted by atomic mass is 10.1. The SMILES string of the molecule is c1cnc2c(CN3CCCC3c3nnc(-c4cnccn4)o3)cccc2c1. The Balaban J connectivity index is 1.42. The number of rotatable bonds is 4. The molecule has 0 amide bonds. The van der Waals surface area contributed by atoms with E-state index in [0.29, 0.717) is 17.5 Å². The molecule has 1 atom stereocenters. The van der Waals surface area contributed by atoms with E-state index in [9.17, 15) is 0 Å². The maximum Gasteiger partial charge on any atom is 0.267 e. The quantitative estimate of drug-likeness (QED) is 0.553. The van der Waals surface area contributed by atoms with Gasteiger partial charge in [0.2, 0.25) is 5.89 Å². The first kappa shape index (κ1) is 16.0. The molecule has 0 radical (unpaired) electrons. The molecule has 0 aliphatic carbocycles. The average molecular weight is 358 g/mol. The van der Waals surface area contributed by atoms with Crippen molar-refractivity contribution in [3.8, 4) is 11.6 Å². The molecule has 4 aromatic rings. The highest BCUT2D eigenvalue weighted by molar-refractivity contribution is 5.81. The molecule has 7 nitrogen and oxygen atoms in total. The van der Waals surface area contributed by atoms with E-state index in [0.717, 1.165) is 36.8 Å². The number of likely N-dealkylation sites (tertiary alicyclic amines) is 1. The normalized spacial score (nSPS) is 17.6. The van der Waals surface area contributed by atoms with E-state index in [4.69, 9.17) is 4.42 Å². The Morgan fingerprint density at radius 2 is 2.00 bits per heavy atom. The van der Waals surface area contributed by atoms with Crippen molar-refractivity contribution in [2.24, 2.45) is 0 Å². The summed E-state index contributed by atoms with van der Waals surface area (Å²) in [7, 11) is 0. The molecule has 3 aromatic heterocycles. The van der Waals surface area contributed by atoms with Gasteiger partial charge in [-0.15, -0.1) is 10.2 Å². The highest BCUT2D eigenvalue weighted by Gasteiger charge is 2.31. The first-order chi connectivity index (χ1) is 13.4. The van der Waals surface area contributed by atoms with Crippen LogP contribution in [-0.4, -0.2) is 36.6 Å². The van der Waals surface area contributed by atoms with Gasteiger partial charge in [-0.1, -0.05) is 24.3 Å². The van der Waals surface area contributed by atoms with Gasteiger partial charge in [-0.2, -0.15) is 0 Å². The lowest BCUT2D eigenvalue weighted by Gasteiger charge is -2.22. The topological polar surface area (TPSA) is 80.8 Å². The van der Waals surface area contributed by atoms with Crippen molar-refractivity contribution in [3.63, 3.8) is 0 Å². The molecule has 0 saturated carbocycles. The summed E-state index contributed by atoms with van der Waals surface area (Å²) in [4.78, 5) is 15.2. The summed E-state index contributed by atoms with van der Waals surface area (Å²) in [6, 6.07) is 10.5. The van der Waals surface area contributed by atoms with E-state index < -0.39 is 0 Å². The second-order valence-electron chi connectivity index (χ2n) is 6.66. The van der Waals surface area contributed by atoms with Crippen LogP contribution in [0.25, 0.3) is 22.5 Å². The van der Waals surface area contributed by atoms with E-state index in [1.807, 2.05) is 12.3 Å². The zero-order valence-electron chi connectivity index (χ0n) is 14.7. The number of nitrogens with zero attached hydrogens (tertiary/aromatic N) is 6. The molecular weight excluding hydrogens is 340 g/mol. The van der Waals surface area contributed by atoms with Gasteiger partial charge in [0, 0.05) is 30.5 Å². The van der Waals surface area contributed by atoms with E-state index in [2.05, 4.69) is 54.3 Å². The third kappa shape index (κ3) is 3.06. The largest absolute Gasteiger partial charge is 0.417 e. The molecule has 1 fully saturated rings. The van der Waals surface area contributed by atoms with Crippen LogP contribution in [0.2, 0.25) is 0 Å². The van der Waals surface area contributed by atoms with Crippen molar-refractivity contribution >= 4 is 10.9 Å². The minimum atomic E-state index is 0.113. The van der Waals surface area contributed by atoms with Gasteiger partial charge < -0.3 is 4.42 Å². The lowest BCUT2D eigenvalue weighted by Crippen LogP contribution is -2.23. The van der Waals surface area contributed by atoms with Crippen LogP contribution < -0.4 is 0 Å². The van der Waals surface area contributed by atoms with Gasteiger partial charge in [-0.05, 0) is 31.0 Å². The van der Waals surface area contributed by atoms with Gasteiger partial charge in [-0.3, -0.25) is 14.9 Å². The molecule has 1 unspecified atom stereocenters. The number of para-hydroxylation sites is 1. The third-order valence-electron chi connectivity index (χ3n) is 4.96. The Morgan fingerprint density at radius 3 is 2.93 bits per heavy atom. The van der Waals surface area contributed by atoms with Gasteiger partial charge in [-0.25, -0.2) is 4.98 Å². The van der Waals surface area contributed by atoms with E-state index in [-0.39, 0.29) is 6.04 Å². The van der Waals surface area contributed by atoms with Gasteiger partial charge in [0.15, 0.2) is 0 Å². The van der Waals surface area contributed by atoms with Crippen molar-refractivity contribution in [2.75, 3.05) is 6.54 Å². The maximum atomic E-state index is 5.93. The van der Waals surface area contributed by atoms with Gasteiger partial charge >= 0.3 is 0 Å². The Hall–Kier alpha value is -3.19. The minimum Gasteiger partial charge on any atom is -0.417 e. The third-order valence-corrected chi connectivity index (χ3v) is 4.96. The van der Waals surface area contributed by atoms with E-state index >= 15 is 0 Å². The molecule has 1 aliphatic heterocycles. The number of fused-ring (bicyclic) bond motifs is 1. The predicted octanol–water partition coefficient (Wildman–Crippen LogP) is 3.41. The monoisotopic (exact) mass is 358 g/mol. The van der Waals surface area contributed by atoms with Gasteiger partial charge in [0.05, 0.1) is 17.8 Å². The second-order valence-corrected chi connectivity index (χ2v) is 6.66. The highest BCUT2D eigenvalue weighted by Crippen LogP contribution is 2.34. The molecular formula is C20H18N6O. The Bertz CT molecular complexity index is 1060. The second kappa shape index (κ2) is 6.85. The van der Waals surface area contributed by atoms with Crippen molar-refractivity contribution in [2.45, 2.75) is 25.4 Å². The summed E-state index contributed by atoms with van der Waals surface area (Å²) in [6.45, 7) is 1.80. The van der Waals surface area contributed by atoms with Crippen LogP contribution in [0.5, 0.6) is 0 Å². The Kier molecular flexibility index (Phi) is 4.06. The van der Waals surface area contributed by atoms with Crippen LogP contribution in [0.1, 0.15) is 30.3 Å². The van der Waals surface area contributed by atoms with Crippen LogP contribution in [0.15, 0.2) is 59.5 Å². The first-order valence-corrected chi connectivity index (χ1v) is 9.05. The van der Waals surface area contributed by atoms with Crippen molar-refractivity contribution in [3.05, 3.63) is 66.6 Å². The minimum absolute atomic E-state index is 0.113.